The lowest BCUT2D eigenvalue weighted by atomic mass is 10.2. The monoisotopic (exact) mass is 280 g/mol. The lowest BCUT2D eigenvalue weighted by Gasteiger charge is -2.24. The number of hydrogen-bond acceptors (Lipinski definition) is 4. The minimum atomic E-state index is -0.505. The number of nitrogens with zero attached hydrogens (tertiary/aromatic N) is 3. The summed E-state index contributed by atoms with van der Waals surface area (Å²) in [6, 6.07) is -0.295. The Labute approximate surface area is 117 Å². The van der Waals surface area contributed by atoms with E-state index in [1.165, 1.54) is 10.9 Å². The number of ether oxygens (including phenoxy) is 1. The Kier molecular flexibility index (Phi) is 3.96. The number of imidazole rings is 1. The molecule has 1 N–H and O–H groups in total. The maximum Gasteiger partial charge on any atom is 0.410 e. The molecule has 2 amide bonds. The van der Waals surface area contributed by atoms with Crippen LogP contribution < -0.4 is 5.32 Å². The van der Waals surface area contributed by atoms with Crippen LogP contribution in [0.3, 0.4) is 0 Å². The second kappa shape index (κ2) is 5.52. The molecule has 1 aromatic heterocycles. The molecule has 0 saturated carbocycles. The van der Waals surface area contributed by atoms with Gasteiger partial charge < -0.3 is 15.0 Å². The number of amides is 2. The number of aromatic nitrogens is 2. The Morgan fingerprint density at radius 2 is 2.15 bits per heavy atom. The lowest BCUT2D eigenvalue weighted by molar-refractivity contribution is 0.0291. The molecule has 1 fully saturated rings. The zero-order valence-electron chi connectivity index (χ0n) is 12.0. The van der Waals surface area contributed by atoms with Gasteiger partial charge in [0.2, 0.25) is 0 Å². The summed E-state index contributed by atoms with van der Waals surface area (Å²) >= 11 is 0. The summed E-state index contributed by atoms with van der Waals surface area (Å²) in [5.41, 5.74) is -0.505. The average Bonchev–Trinajstić information content (AvgIpc) is 2.97. The molecule has 0 aliphatic carbocycles. The van der Waals surface area contributed by atoms with E-state index >= 15 is 0 Å². The lowest BCUT2D eigenvalue weighted by Crippen LogP contribution is -2.41. The van der Waals surface area contributed by atoms with Gasteiger partial charge in [-0.2, -0.15) is 0 Å². The molecule has 0 radical (unpaired) electrons. The Balaban J connectivity index is 1.83. The largest absolute Gasteiger partial charge is 0.444 e. The van der Waals surface area contributed by atoms with Crippen molar-refractivity contribution in [1.29, 1.82) is 0 Å². The van der Waals surface area contributed by atoms with E-state index in [0.717, 1.165) is 6.42 Å². The fourth-order valence-corrected chi connectivity index (χ4v) is 2.00. The highest BCUT2D eigenvalue weighted by molar-refractivity contribution is 5.77. The molecule has 0 bridgehead atoms. The molecule has 1 aliphatic rings. The van der Waals surface area contributed by atoms with E-state index in [1.54, 1.807) is 17.3 Å². The van der Waals surface area contributed by atoms with Gasteiger partial charge in [0.25, 0.3) is 0 Å². The van der Waals surface area contributed by atoms with Crippen LogP contribution in [-0.2, 0) is 4.74 Å². The van der Waals surface area contributed by atoms with E-state index in [2.05, 4.69) is 10.3 Å². The van der Waals surface area contributed by atoms with Crippen LogP contribution in [0.5, 0.6) is 0 Å². The number of hydrogen-bond donors (Lipinski definition) is 1. The van der Waals surface area contributed by atoms with Gasteiger partial charge in [-0.05, 0) is 27.2 Å². The Morgan fingerprint density at radius 1 is 1.40 bits per heavy atom. The van der Waals surface area contributed by atoms with E-state index in [1.807, 2.05) is 20.8 Å². The van der Waals surface area contributed by atoms with Crippen LogP contribution in [-0.4, -0.2) is 51.3 Å². The molecule has 2 heterocycles. The first kappa shape index (κ1) is 14.4. The van der Waals surface area contributed by atoms with Gasteiger partial charge in [0.1, 0.15) is 11.9 Å². The minimum Gasteiger partial charge on any atom is -0.444 e. The van der Waals surface area contributed by atoms with Crippen molar-refractivity contribution < 1.29 is 14.3 Å². The van der Waals surface area contributed by atoms with Gasteiger partial charge in [-0.1, -0.05) is 0 Å². The minimum absolute atomic E-state index is 0.0579. The van der Waals surface area contributed by atoms with Gasteiger partial charge in [-0.3, -0.25) is 4.57 Å². The van der Waals surface area contributed by atoms with Crippen molar-refractivity contribution in [3.8, 4) is 0 Å². The second-order valence-electron chi connectivity index (χ2n) is 5.83. The molecular formula is C13H20N4O3. The molecule has 1 atom stereocenters. The number of likely N-dealkylation sites (tertiary alicyclic amines) is 1. The van der Waals surface area contributed by atoms with Crippen LogP contribution in [0.15, 0.2) is 18.7 Å². The van der Waals surface area contributed by atoms with Crippen LogP contribution in [0.4, 0.5) is 9.59 Å². The van der Waals surface area contributed by atoms with Crippen molar-refractivity contribution in [2.45, 2.75) is 38.8 Å². The Hall–Kier alpha value is -2.05. The summed E-state index contributed by atoms with van der Waals surface area (Å²) in [5, 5.41) is 2.86. The molecule has 0 aromatic carbocycles. The van der Waals surface area contributed by atoms with Gasteiger partial charge >= 0.3 is 12.1 Å². The number of carbonyl (C=O) groups is 2. The molecule has 7 nitrogen and oxygen atoms in total. The summed E-state index contributed by atoms with van der Waals surface area (Å²) < 4.78 is 6.68. The van der Waals surface area contributed by atoms with Crippen molar-refractivity contribution in [1.82, 2.24) is 19.8 Å². The maximum atomic E-state index is 11.9. The topological polar surface area (TPSA) is 76.5 Å². The summed E-state index contributed by atoms with van der Waals surface area (Å²) in [7, 11) is 0. The summed E-state index contributed by atoms with van der Waals surface area (Å²) in [5.74, 6) is 0. The quantitative estimate of drug-likeness (QED) is 0.844. The molecule has 1 saturated heterocycles. The van der Waals surface area contributed by atoms with Gasteiger partial charge in [-0.25, -0.2) is 14.6 Å². The second-order valence-corrected chi connectivity index (χ2v) is 5.83. The summed E-state index contributed by atoms with van der Waals surface area (Å²) in [6.07, 6.45) is 4.95. The van der Waals surface area contributed by atoms with E-state index in [9.17, 15) is 9.59 Å². The maximum absolute atomic E-state index is 11.9. The van der Waals surface area contributed by atoms with Crippen molar-refractivity contribution in [3.05, 3.63) is 18.7 Å². The molecule has 20 heavy (non-hydrogen) atoms. The fraction of sp³-hybridized carbons (Fsp3) is 0.615. The van der Waals surface area contributed by atoms with Crippen molar-refractivity contribution >= 4 is 12.1 Å². The number of rotatable bonds is 1. The predicted octanol–water partition coefficient (Wildman–Crippen LogP) is 1.45. The van der Waals surface area contributed by atoms with Gasteiger partial charge in [0, 0.05) is 25.5 Å². The zero-order chi connectivity index (χ0) is 14.8. The van der Waals surface area contributed by atoms with Crippen LogP contribution in [0.25, 0.3) is 0 Å². The van der Waals surface area contributed by atoms with Crippen LogP contribution in [0, 0.1) is 0 Å². The van der Waals surface area contributed by atoms with Crippen LogP contribution in [0.1, 0.15) is 27.2 Å². The van der Waals surface area contributed by atoms with Crippen LogP contribution in [0.2, 0.25) is 0 Å². The van der Waals surface area contributed by atoms with E-state index in [0.29, 0.717) is 13.1 Å². The smallest absolute Gasteiger partial charge is 0.410 e. The van der Waals surface area contributed by atoms with Crippen molar-refractivity contribution in [2.75, 3.05) is 13.1 Å². The Morgan fingerprint density at radius 3 is 2.75 bits per heavy atom. The molecule has 110 valence electrons. The Bertz CT molecular complexity index is 478. The predicted molar refractivity (Wildman–Crippen MR) is 72.4 cm³/mol. The first-order valence-electron chi connectivity index (χ1n) is 6.62. The van der Waals surface area contributed by atoms with Crippen LogP contribution >= 0.6 is 0 Å². The highest BCUT2D eigenvalue weighted by atomic mass is 16.6. The van der Waals surface area contributed by atoms with Gasteiger partial charge in [0.05, 0.1) is 6.04 Å². The highest BCUT2D eigenvalue weighted by Gasteiger charge is 2.30. The zero-order valence-corrected chi connectivity index (χ0v) is 12.0. The van der Waals surface area contributed by atoms with E-state index in [4.69, 9.17) is 4.74 Å². The molecule has 1 aromatic rings. The third-order valence-corrected chi connectivity index (χ3v) is 2.91. The SMILES string of the molecule is CC(C)(C)OC(=O)N1CC[C@H](NC(=O)n2ccnc2)C1. The van der Waals surface area contributed by atoms with E-state index < -0.39 is 5.60 Å². The third kappa shape index (κ3) is 3.72. The number of nitrogens with one attached hydrogen (secondary N) is 1. The van der Waals surface area contributed by atoms with Crippen molar-refractivity contribution in [2.24, 2.45) is 0 Å². The molecular weight excluding hydrogens is 260 g/mol. The first-order valence-corrected chi connectivity index (χ1v) is 6.62. The fourth-order valence-electron chi connectivity index (χ4n) is 2.00. The van der Waals surface area contributed by atoms with Gasteiger partial charge in [0.15, 0.2) is 0 Å². The van der Waals surface area contributed by atoms with E-state index in [-0.39, 0.29) is 18.2 Å². The average molecular weight is 280 g/mol. The first-order chi connectivity index (χ1) is 9.35. The molecule has 2 rings (SSSR count). The standard InChI is InChI=1S/C13H20N4O3/c1-13(2,3)20-12(19)16-6-4-10(8-16)15-11(18)17-7-5-14-9-17/h5,7,9-10H,4,6,8H2,1-3H3,(H,15,18)/t10-/m0/s1. The third-order valence-electron chi connectivity index (χ3n) is 2.91. The number of carbonyl (C=O) groups excluding carboxylic acids is 2. The molecule has 7 heteroatoms. The molecule has 1 aliphatic heterocycles. The summed E-state index contributed by atoms with van der Waals surface area (Å²) in [4.78, 5) is 29.2. The highest BCUT2D eigenvalue weighted by Crippen LogP contribution is 2.15. The van der Waals surface area contributed by atoms with Gasteiger partial charge in [-0.15, -0.1) is 0 Å². The normalized spacial score (nSPS) is 18.9. The molecule has 0 unspecified atom stereocenters. The molecule has 0 spiro atoms. The van der Waals surface area contributed by atoms with Crippen molar-refractivity contribution in [3.63, 3.8) is 0 Å². The summed E-state index contributed by atoms with van der Waals surface area (Å²) in [6.45, 7) is 6.55.